The van der Waals surface area contributed by atoms with Crippen molar-refractivity contribution in [3.05, 3.63) is 28.8 Å². The fraction of sp³-hybridized carbons (Fsp3) is 0.619. The van der Waals surface area contributed by atoms with Crippen LogP contribution in [0.5, 0.6) is 0 Å². The van der Waals surface area contributed by atoms with Crippen molar-refractivity contribution < 1.29 is 4.79 Å². The predicted molar refractivity (Wildman–Crippen MR) is 103 cm³/mol. The van der Waals surface area contributed by atoms with Crippen LogP contribution in [0.2, 0.25) is 0 Å². The monoisotopic (exact) mass is 328 g/mol. The van der Waals surface area contributed by atoms with Gasteiger partial charge in [0, 0.05) is 32.0 Å². The first-order valence-corrected chi connectivity index (χ1v) is 9.39. The van der Waals surface area contributed by atoms with Gasteiger partial charge in [0.2, 0.25) is 0 Å². The molecule has 0 bridgehead atoms. The first-order chi connectivity index (χ1) is 11.5. The largest absolute Gasteiger partial charge is 0.363 e. The molecule has 0 spiro atoms. The van der Waals surface area contributed by atoms with E-state index in [1.807, 2.05) is 13.0 Å². The van der Waals surface area contributed by atoms with E-state index in [1.165, 1.54) is 25.7 Å². The number of carbonyl (C=O) groups excluding carboxylic acids is 1. The predicted octanol–water partition coefficient (Wildman–Crippen LogP) is 5.46. The summed E-state index contributed by atoms with van der Waals surface area (Å²) in [5.74, 6) is 1.99. The second kappa shape index (κ2) is 8.46. The first-order valence-electron chi connectivity index (χ1n) is 9.39. The average Bonchev–Trinajstić information content (AvgIpc) is 3.07. The molecule has 132 valence electrons. The Balaban J connectivity index is 2.24. The summed E-state index contributed by atoms with van der Waals surface area (Å²) in [5.41, 5.74) is 4.02. The average molecular weight is 328 g/mol. The summed E-state index contributed by atoms with van der Waals surface area (Å²) in [4.78, 5) is 19.7. The summed E-state index contributed by atoms with van der Waals surface area (Å²) in [6.45, 7) is 9.31. The van der Waals surface area contributed by atoms with Crippen molar-refractivity contribution >= 4 is 17.3 Å². The van der Waals surface area contributed by atoms with E-state index in [9.17, 15) is 4.79 Å². The SMILES string of the molecule is CCC(=Nc1cc(C)c(C(=O)CC2CCCC2)cc1C)N(C)CC. The van der Waals surface area contributed by atoms with Gasteiger partial charge >= 0.3 is 0 Å². The van der Waals surface area contributed by atoms with Crippen molar-refractivity contribution in [2.45, 2.75) is 66.2 Å². The quantitative estimate of drug-likeness (QED) is 0.395. The smallest absolute Gasteiger partial charge is 0.163 e. The van der Waals surface area contributed by atoms with Gasteiger partial charge in [-0.2, -0.15) is 0 Å². The van der Waals surface area contributed by atoms with Crippen molar-refractivity contribution in [3.8, 4) is 0 Å². The van der Waals surface area contributed by atoms with Gasteiger partial charge in [-0.25, -0.2) is 4.99 Å². The second-order valence-electron chi connectivity index (χ2n) is 7.13. The van der Waals surface area contributed by atoms with E-state index in [-0.39, 0.29) is 0 Å². The highest BCUT2D eigenvalue weighted by atomic mass is 16.1. The molecule has 0 unspecified atom stereocenters. The number of aliphatic imine (C=N–C) groups is 1. The van der Waals surface area contributed by atoms with Crippen LogP contribution in [0, 0.1) is 19.8 Å². The van der Waals surface area contributed by atoms with E-state index in [0.717, 1.165) is 41.2 Å². The Hall–Kier alpha value is -1.64. The van der Waals surface area contributed by atoms with Gasteiger partial charge in [0.25, 0.3) is 0 Å². The molecule has 0 aromatic heterocycles. The molecule has 1 aromatic carbocycles. The third-order valence-corrected chi connectivity index (χ3v) is 5.27. The normalized spacial score (nSPS) is 15.8. The van der Waals surface area contributed by atoms with Gasteiger partial charge in [0.05, 0.1) is 5.69 Å². The zero-order valence-corrected chi connectivity index (χ0v) is 16.0. The summed E-state index contributed by atoms with van der Waals surface area (Å²) in [5, 5.41) is 0. The van der Waals surface area contributed by atoms with Crippen molar-refractivity contribution in [2.75, 3.05) is 13.6 Å². The Morgan fingerprint density at radius 2 is 1.83 bits per heavy atom. The molecule has 2 rings (SSSR count). The Morgan fingerprint density at radius 3 is 2.42 bits per heavy atom. The molecule has 0 radical (unpaired) electrons. The van der Waals surface area contributed by atoms with Crippen molar-refractivity contribution in [1.29, 1.82) is 0 Å². The number of rotatable bonds is 6. The lowest BCUT2D eigenvalue weighted by molar-refractivity contribution is 0.0961. The highest BCUT2D eigenvalue weighted by Gasteiger charge is 2.20. The van der Waals surface area contributed by atoms with E-state index >= 15 is 0 Å². The maximum absolute atomic E-state index is 12.7. The highest BCUT2D eigenvalue weighted by molar-refractivity contribution is 5.98. The first kappa shape index (κ1) is 18.7. The van der Waals surface area contributed by atoms with Crippen LogP contribution < -0.4 is 0 Å². The van der Waals surface area contributed by atoms with E-state index in [1.54, 1.807) is 0 Å². The molecule has 0 heterocycles. The third kappa shape index (κ3) is 4.46. The minimum Gasteiger partial charge on any atom is -0.363 e. The Kier molecular flexibility index (Phi) is 6.59. The summed E-state index contributed by atoms with van der Waals surface area (Å²) in [7, 11) is 2.07. The molecule has 1 aromatic rings. The van der Waals surface area contributed by atoms with E-state index in [0.29, 0.717) is 18.1 Å². The fourth-order valence-electron chi connectivity index (χ4n) is 3.56. The fourth-order valence-corrected chi connectivity index (χ4v) is 3.56. The van der Waals surface area contributed by atoms with E-state index in [4.69, 9.17) is 4.99 Å². The van der Waals surface area contributed by atoms with Gasteiger partial charge in [0.1, 0.15) is 5.84 Å². The maximum atomic E-state index is 12.7. The Morgan fingerprint density at radius 1 is 1.17 bits per heavy atom. The summed E-state index contributed by atoms with van der Waals surface area (Å²) < 4.78 is 0. The van der Waals surface area contributed by atoms with Gasteiger partial charge < -0.3 is 4.90 Å². The van der Waals surface area contributed by atoms with E-state index < -0.39 is 0 Å². The Bertz CT molecular complexity index is 613. The van der Waals surface area contributed by atoms with Gasteiger partial charge in [-0.3, -0.25) is 4.79 Å². The van der Waals surface area contributed by atoms with Crippen LogP contribution in [-0.4, -0.2) is 30.1 Å². The molecule has 24 heavy (non-hydrogen) atoms. The van der Waals surface area contributed by atoms with Gasteiger partial charge in [-0.15, -0.1) is 0 Å². The number of amidine groups is 1. The van der Waals surface area contributed by atoms with Crippen LogP contribution in [0.3, 0.4) is 0 Å². The standard InChI is InChI=1S/C21H32N2O/c1-6-21(23(5)7-2)22-19-13-15(3)18(12-16(19)4)20(24)14-17-10-8-9-11-17/h12-13,17H,6-11,14H2,1-5H3. The summed E-state index contributed by atoms with van der Waals surface area (Å²) in [6, 6.07) is 4.13. The molecule has 3 nitrogen and oxygen atoms in total. The summed E-state index contributed by atoms with van der Waals surface area (Å²) >= 11 is 0. The lowest BCUT2D eigenvalue weighted by Gasteiger charge is -2.19. The molecular weight excluding hydrogens is 296 g/mol. The number of benzene rings is 1. The molecule has 1 aliphatic carbocycles. The second-order valence-corrected chi connectivity index (χ2v) is 7.13. The number of Topliss-reactive ketones (excluding diaryl/α,β-unsaturated/α-hetero) is 1. The lowest BCUT2D eigenvalue weighted by Crippen LogP contribution is -2.25. The molecule has 1 fully saturated rings. The van der Waals surface area contributed by atoms with Crippen molar-refractivity contribution in [1.82, 2.24) is 4.90 Å². The number of hydrogen-bond acceptors (Lipinski definition) is 2. The Labute approximate surface area is 147 Å². The number of aryl methyl sites for hydroxylation is 2. The van der Waals surface area contributed by atoms with Crippen LogP contribution >= 0.6 is 0 Å². The zero-order chi connectivity index (χ0) is 17.7. The van der Waals surface area contributed by atoms with Crippen LogP contribution in [0.4, 0.5) is 5.69 Å². The molecule has 0 amide bonds. The summed E-state index contributed by atoms with van der Waals surface area (Å²) in [6.07, 6.45) is 6.63. The number of hydrogen-bond donors (Lipinski definition) is 0. The maximum Gasteiger partial charge on any atom is 0.163 e. The topological polar surface area (TPSA) is 32.7 Å². The lowest BCUT2D eigenvalue weighted by atomic mass is 9.93. The van der Waals surface area contributed by atoms with E-state index in [2.05, 4.69) is 38.8 Å². The molecule has 0 atom stereocenters. The minimum absolute atomic E-state index is 0.305. The molecule has 1 aliphatic rings. The van der Waals surface area contributed by atoms with Gasteiger partial charge in [-0.05, 0) is 49.9 Å². The molecule has 1 saturated carbocycles. The molecular formula is C21H32N2O. The highest BCUT2D eigenvalue weighted by Crippen LogP contribution is 2.31. The number of carbonyl (C=O) groups is 1. The van der Waals surface area contributed by atoms with Crippen molar-refractivity contribution in [3.63, 3.8) is 0 Å². The molecule has 0 N–H and O–H groups in total. The van der Waals surface area contributed by atoms with Crippen molar-refractivity contribution in [2.24, 2.45) is 10.9 Å². The molecule has 3 heteroatoms. The minimum atomic E-state index is 0.305. The van der Waals surface area contributed by atoms with Gasteiger partial charge in [-0.1, -0.05) is 32.6 Å². The third-order valence-electron chi connectivity index (χ3n) is 5.27. The number of ketones is 1. The molecule has 0 saturated heterocycles. The van der Waals surface area contributed by atoms with Gasteiger partial charge in [0.15, 0.2) is 5.78 Å². The van der Waals surface area contributed by atoms with Crippen LogP contribution in [0.15, 0.2) is 17.1 Å². The molecule has 0 aliphatic heterocycles. The van der Waals surface area contributed by atoms with Crippen LogP contribution in [0.1, 0.15) is 73.9 Å². The van der Waals surface area contributed by atoms with Crippen LogP contribution in [-0.2, 0) is 0 Å². The van der Waals surface area contributed by atoms with Crippen LogP contribution in [0.25, 0.3) is 0 Å². The zero-order valence-electron chi connectivity index (χ0n) is 16.0. The number of nitrogens with zero attached hydrogens (tertiary/aromatic N) is 2.